The number of anilines is 1. The van der Waals surface area contributed by atoms with Crippen LogP contribution in [0.25, 0.3) is 0 Å². The Kier molecular flexibility index (Phi) is 2.27. The lowest BCUT2D eigenvalue weighted by atomic mass is 9.80. The van der Waals surface area contributed by atoms with Crippen LogP contribution in [0.2, 0.25) is 0 Å². The van der Waals surface area contributed by atoms with Gasteiger partial charge in [0, 0.05) is 5.69 Å². The summed E-state index contributed by atoms with van der Waals surface area (Å²) in [6.45, 7) is 4.49. The van der Waals surface area contributed by atoms with E-state index >= 15 is 0 Å². The van der Waals surface area contributed by atoms with Crippen LogP contribution in [0.15, 0.2) is 18.2 Å². The van der Waals surface area contributed by atoms with Gasteiger partial charge >= 0.3 is 0 Å². The fourth-order valence-corrected chi connectivity index (χ4v) is 2.20. The minimum absolute atomic E-state index is 0.0669. The highest BCUT2D eigenvalue weighted by Crippen LogP contribution is 2.41. The summed E-state index contributed by atoms with van der Waals surface area (Å²) in [5.74, 6) is 0.0669. The summed E-state index contributed by atoms with van der Waals surface area (Å²) in [4.78, 5) is 11.9. The molecule has 80 valence electrons. The summed E-state index contributed by atoms with van der Waals surface area (Å²) in [6.07, 6.45) is 0.690. The van der Waals surface area contributed by atoms with Crippen molar-refractivity contribution in [1.29, 1.82) is 0 Å². The molecule has 0 bridgehead atoms. The molecule has 1 amide bonds. The number of aryl methyl sites for hydroxylation is 1. The number of nitrogens with one attached hydrogen (secondary N) is 1. The van der Waals surface area contributed by atoms with Crippen LogP contribution in [-0.4, -0.2) is 12.5 Å². The first-order valence-electron chi connectivity index (χ1n) is 5.21. The van der Waals surface area contributed by atoms with E-state index in [-0.39, 0.29) is 5.91 Å². The van der Waals surface area contributed by atoms with Crippen molar-refractivity contribution in [3.63, 3.8) is 0 Å². The average molecular weight is 204 g/mol. The topological polar surface area (TPSA) is 55.1 Å². The van der Waals surface area contributed by atoms with Crippen molar-refractivity contribution in [1.82, 2.24) is 0 Å². The number of para-hydroxylation sites is 1. The summed E-state index contributed by atoms with van der Waals surface area (Å²) in [5, 5.41) is 2.95. The Balaban J connectivity index is 2.55. The number of rotatable bonds is 2. The number of hydrogen-bond acceptors (Lipinski definition) is 2. The molecule has 3 N–H and O–H groups in total. The third-order valence-electron chi connectivity index (χ3n) is 3.25. The van der Waals surface area contributed by atoms with Crippen LogP contribution >= 0.6 is 0 Å². The van der Waals surface area contributed by atoms with E-state index in [0.29, 0.717) is 13.0 Å². The Morgan fingerprint density at radius 1 is 1.47 bits per heavy atom. The molecule has 1 unspecified atom stereocenters. The van der Waals surface area contributed by atoms with Gasteiger partial charge in [0.15, 0.2) is 0 Å². The molecule has 1 atom stereocenters. The third kappa shape index (κ3) is 1.35. The Morgan fingerprint density at radius 3 is 2.87 bits per heavy atom. The lowest BCUT2D eigenvalue weighted by Gasteiger charge is -2.21. The van der Waals surface area contributed by atoms with E-state index in [1.54, 1.807) is 0 Å². The van der Waals surface area contributed by atoms with Crippen LogP contribution in [0.4, 0.5) is 5.69 Å². The summed E-state index contributed by atoms with van der Waals surface area (Å²) in [6, 6.07) is 6.01. The maximum Gasteiger partial charge on any atom is 0.234 e. The van der Waals surface area contributed by atoms with Gasteiger partial charge in [0.1, 0.15) is 0 Å². The van der Waals surface area contributed by atoms with Crippen LogP contribution in [0, 0.1) is 6.92 Å². The van der Waals surface area contributed by atoms with Gasteiger partial charge in [-0.3, -0.25) is 4.79 Å². The van der Waals surface area contributed by atoms with E-state index in [9.17, 15) is 4.79 Å². The molecule has 3 nitrogen and oxygen atoms in total. The van der Waals surface area contributed by atoms with Gasteiger partial charge < -0.3 is 11.1 Å². The summed E-state index contributed by atoms with van der Waals surface area (Å²) < 4.78 is 0. The van der Waals surface area contributed by atoms with Gasteiger partial charge in [0.25, 0.3) is 0 Å². The summed E-state index contributed by atoms with van der Waals surface area (Å²) in [7, 11) is 0. The van der Waals surface area contributed by atoms with E-state index in [1.165, 1.54) is 0 Å². The van der Waals surface area contributed by atoms with Gasteiger partial charge in [-0.2, -0.15) is 0 Å². The molecule has 1 aromatic rings. The Labute approximate surface area is 89.7 Å². The van der Waals surface area contributed by atoms with Gasteiger partial charge in [-0.25, -0.2) is 0 Å². The van der Waals surface area contributed by atoms with Crippen LogP contribution in [0.3, 0.4) is 0 Å². The predicted molar refractivity (Wildman–Crippen MR) is 60.8 cm³/mol. The molecule has 15 heavy (non-hydrogen) atoms. The van der Waals surface area contributed by atoms with Crippen molar-refractivity contribution in [3.05, 3.63) is 29.3 Å². The van der Waals surface area contributed by atoms with E-state index in [0.717, 1.165) is 16.8 Å². The highest BCUT2D eigenvalue weighted by molar-refractivity contribution is 6.06. The van der Waals surface area contributed by atoms with Crippen molar-refractivity contribution in [2.45, 2.75) is 25.7 Å². The molecule has 0 fully saturated rings. The van der Waals surface area contributed by atoms with E-state index in [4.69, 9.17) is 5.73 Å². The molecule has 3 heteroatoms. The van der Waals surface area contributed by atoms with Crippen molar-refractivity contribution < 1.29 is 4.79 Å². The minimum atomic E-state index is -0.448. The molecule has 1 aliphatic heterocycles. The van der Waals surface area contributed by atoms with E-state index < -0.39 is 5.41 Å². The largest absolute Gasteiger partial charge is 0.330 e. The number of fused-ring (bicyclic) bond motifs is 1. The van der Waals surface area contributed by atoms with Crippen LogP contribution in [0.1, 0.15) is 24.5 Å². The average Bonchev–Trinajstić information content (AvgIpc) is 2.44. The third-order valence-corrected chi connectivity index (χ3v) is 3.25. The molecule has 0 aromatic heterocycles. The maximum atomic E-state index is 11.9. The smallest absolute Gasteiger partial charge is 0.234 e. The highest BCUT2D eigenvalue weighted by atomic mass is 16.2. The van der Waals surface area contributed by atoms with E-state index in [1.807, 2.05) is 32.0 Å². The zero-order valence-electron chi connectivity index (χ0n) is 9.13. The summed E-state index contributed by atoms with van der Waals surface area (Å²) >= 11 is 0. The molecule has 2 rings (SSSR count). The van der Waals surface area contributed by atoms with Gasteiger partial charge in [-0.1, -0.05) is 18.2 Å². The fourth-order valence-electron chi connectivity index (χ4n) is 2.20. The number of hydrogen-bond donors (Lipinski definition) is 2. The molecule has 0 saturated carbocycles. The lowest BCUT2D eigenvalue weighted by molar-refractivity contribution is -0.120. The molecular weight excluding hydrogens is 188 g/mol. The Morgan fingerprint density at radius 2 is 2.20 bits per heavy atom. The van der Waals surface area contributed by atoms with Crippen LogP contribution in [0.5, 0.6) is 0 Å². The van der Waals surface area contributed by atoms with Crippen molar-refractivity contribution in [3.8, 4) is 0 Å². The zero-order chi connectivity index (χ0) is 11.1. The van der Waals surface area contributed by atoms with Crippen molar-refractivity contribution in [2.24, 2.45) is 5.73 Å². The number of benzene rings is 1. The molecule has 0 saturated heterocycles. The van der Waals surface area contributed by atoms with Gasteiger partial charge in [-0.15, -0.1) is 0 Å². The molecule has 1 heterocycles. The number of carbonyl (C=O) groups excluding carboxylic acids is 1. The molecule has 0 aliphatic carbocycles. The van der Waals surface area contributed by atoms with Crippen LogP contribution in [-0.2, 0) is 10.2 Å². The lowest BCUT2D eigenvalue weighted by Crippen LogP contribution is -2.33. The summed E-state index contributed by atoms with van der Waals surface area (Å²) in [5.41, 5.74) is 8.29. The highest BCUT2D eigenvalue weighted by Gasteiger charge is 2.42. The first-order chi connectivity index (χ1) is 7.09. The number of nitrogens with two attached hydrogens (primary N) is 1. The quantitative estimate of drug-likeness (QED) is 0.768. The monoisotopic (exact) mass is 204 g/mol. The number of amides is 1. The molecule has 0 radical (unpaired) electrons. The van der Waals surface area contributed by atoms with Crippen molar-refractivity contribution >= 4 is 11.6 Å². The predicted octanol–water partition coefficient (Wildman–Crippen LogP) is 1.55. The minimum Gasteiger partial charge on any atom is -0.330 e. The second-order valence-corrected chi connectivity index (χ2v) is 4.32. The number of carbonyl (C=O) groups is 1. The van der Waals surface area contributed by atoms with Gasteiger partial charge in [0.2, 0.25) is 5.91 Å². The molecule has 1 aromatic carbocycles. The normalized spacial score (nSPS) is 23.8. The fraction of sp³-hybridized carbons (Fsp3) is 0.417. The maximum absolute atomic E-state index is 11.9. The molecule has 1 aliphatic rings. The van der Waals surface area contributed by atoms with Gasteiger partial charge in [0.05, 0.1) is 5.41 Å². The first kappa shape index (κ1) is 10.2. The second-order valence-electron chi connectivity index (χ2n) is 4.32. The molecular formula is C12H16N2O. The second kappa shape index (κ2) is 3.35. The zero-order valence-corrected chi connectivity index (χ0v) is 9.13. The first-order valence-corrected chi connectivity index (χ1v) is 5.21. The SMILES string of the molecule is Cc1cccc2c1NC(=O)C2(C)CCN. The standard InChI is InChI=1S/C12H16N2O/c1-8-4-3-5-9-10(8)14-11(15)12(9,2)6-7-13/h3-5H,6-7,13H2,1-2H3,(H,14,15). The van der Waals surface area contributed by atoms with E-state index in [2.05, 4.69) is 5.32 Å². The Bertz CT molecular complexity index is 414. The molecule has 0 spiro atoms. The van der Waals surface area contributed by atoms with Crippen molar-refractivity contribution in [2.75, 3.05) is 11.9 Å². The van der Waals surface area contributed by atoms with Gasteiger partial charge in [-0.05, 0) is 37.9 Å². The Hall–Kier alpha value is -1.35. The van der Waals surface area contributed by atoms with Crippen LogP contribution < -0.4 is 11.1 Å².